The van der Waals surface area contributed by atoms with Crippen LogP contribution in [-0.4, -0.2) is 36.8 Å². The van der Waals surface area contributed by atoms with Gasteiger partial charge in [0.2, 0.25) is 5.91 Å². The number of nitrogens with one attached hydrogen (secondary N) is 2. The monoisotopic (exact) mass is 316 g/mol. The minimum Gasteiger partial charge on any atom is -0.497 e. The smallest absolute Gasteiger partial charge is 0.320 e. The number of hydrogen-bond acceptors (Lipinski definition) is 5. The van der Waals surface area contributed by atoms with Crippen molar-refractivity contribution in [2.45, 2.75) is 12.5 Å². The fourth-order valence-corrected chi connectivity index (χ4v) is 2.43. The van der Waals surface area contributed by atoms with E-state index >= 15 is 0 Å². The molecule has 0 bridgehead atoms. The van der Waals surface area contributed by atoms with Crippen molar-refractivity contribution < 1.29 is 18.8 Å². The maximum atomic E-state index is 12.1. The fraction of sp³-hybridized carbons (Fsp3) is 0.267. The van der Waals surface area contributed by atoms with Crippen LogP contribution in [0.4, 0.5) is 16.3 Å². The summed E-state index contributed by atoms with van der Waals surface area (Å²) in [5.41, 5.74) is 0.775. The van der Waals surface area contributed by atoms with Gasteiger partial charge in [-0.1, -0.05) is 5.16 Å². The van der Waals surface area contributed by atoms with E-state index in [1.165, 1.54) is 12.3 Å². The van der Waals surface area contributed by atoms with Crippen molar-refractivity contribution in [2.75, 3.05) is 23.9 Å². The molecule has 1 aliphatic heterocycles. The predicted molar refractivity (Wildman–Crippen MR) is 82.4 cm³/mol. The molecule has 0 aliphatic carbocycles. The van der Waals surface area contributed by atoms with Crippen LogP contribution < -0.4 is 20.3 Å². The lowest BCUT2D eigenvalue weighted by Gasteiger charge is -2.17. The number of hydrogen-bond donors (Lipinski definition) is 2. The first kappa shape index (κ1) is 14.9. The Kier molecular flexibility index (Phi) is 4.13. The summed E-state index contributed by atoms with van der Waals surface area (Å²) in [6.45, 7) is 0.414. The van der Waals surface area contributed by atoms with Crippen molar-refractivity contribution >= 4 is 23.4 Å². The van der Waals surface area contributed by atoms with E-state index < -0.39 is 6.03 Å². The Morgan fingerprint density at radius 3 is 2.78 bits per heavy atom. The Bertz CT molecular complexity index is 684. The van der Waals surface area contributed by atoms with E-state index in [0.717, 1.165) is 11.4 Å². The standard InChI is InChI=1S/C15H16N4O4/c1-22-12-4-2-11(3-5-12)19-9-10(8-14(19)20)16-15(21)17-13-6-7-23-18-13/h2-7,10H,8-9H2,1H3,(H2,16,17,18,21). The molecule has 2 N–H and O–H groups in total. The van der Waals surface area contributed by atoms with Gasteiger partial charge in [0.25, 0.3) is 0 Å². The van der Waals surface area contributed by atoms with Crippen LogP contribution in [0.5, 0.6) is 5.75 Å². The zero-order valence-corrected chi connectivity index (χ0v) is 12.5. The molecular weight excluding hydrogens is 300 g/mol. The van der Waals surface area contributed by atoms with Crippen molar-refractivity contribution in [3.63, 3.8) is 0 Å². The first-order valence-corrected chi connectivity index (χ1v) is 7.08. The molecule has 23 heavy (non-hydrogen) atoms. The number of nitrogens with zero attached hydrogens (tertiary/aromatic N) is 2. The number of rotatable bonds is 4. The Balaban J connectivity index is 1.59. The van der Waals surface area contributed by atoms with E-state index in [9.17, 15) is 9.59 Å². The summed E-state index contributed by atoms with van der Waals surface area (Å²) in [6.07, 6.45) is 1.61. The van der Waals surface area contributed by atoms with Gasteiger partial charge in [-0.3, -0.25) is 10.1 Å². The van der Waals surface area contributed by atoms with Crippen LogP contribution in [0.1, 0.15) is 6.42 Å². The van der Waals surface area contributed by atoms with E-state index in [1.807, 2.05) is 12.1 Å². The van der Waals surface area contributed by atoms with Crippen molar-refractivity contribution in [2.24, 2.45) is 0 Å². The second-order valence-corrected chi connectivity index (χ2v) is 5.09. The number of urea groups is 1. The molecule has 1 saturated heterocycles. The van der Waals surface area contributed by atoms with Gasteiger partial charge >= 0.3 is 6.03 Å². The van der Waals surface area contributed by atoms with E-state index in [0.29, 0.717) is 12.4 Å². The number of aromatic nitrogens is 1. The zero-order chi connectivity index (χ0) is 16.2. The first-order chi connectivity index (χ1) is 11.2. The molecule has 3 rings (SSSR count). The molecule has 2 aromatic rings. The van der Waals surface area contributed by atoms with Crippen LogP contribution in [0.15, 0.2) is 41.1 Å². The van der Waals surface area contributed by atoms with Gasteiger partial charge in [0.05, 0.1) is 13.2 Å². The molecule has 1 unspecified atom stereocenters. The van der Waals surface area contributed by atoms with Gasteiger partial charge < -0.3 is 19.5 Å². The normalized spacial score (nSPS) is 17.2. The molecule has 8 nitrogen and oxygen atoms in total. The number of anilines is 2. The molecule has 1 fully saturated rings. The lowest BCUT2D eigenvalue weighted by atomic mass is 10.2. The van der Waals surface area contributed by atoms with Gasteiger partial charge in [0.1, 0.15) is 12.0 Å². The van der Waals surface area contributed by atoms with Crippen LogP contribution in [0.2, 0.25) is 0 Å². The topological polar surface area (TPSA) is 96.7 Å². The Labute approximate surface area is 132 Å². The second kappa shape index (κ2) is 6.39. The summed E-state index contributed by atoms with van der Waals surface area (Å²) in [6, 6.07) is 8.05. The third-order valence-electron chi connectivity index (χ3n) is 3.52. The lowest BCUT2D eigenvalue weighted by Crippen LogP contribution is -2.39. The van der Waals surface area contributed by atoms with Gasteiger partial charge in [0.15, 0.2) is 5.82 Å². The Hall–Kier alpha value is -3.03. The quantitative estimate of drug-likeness (QED) is 0.893. The molecule has 1 atom stereocenters. The summed E-state index contributed by atoms with van der Waals surface area (Å²) < 4.78 is 9.73. The van der Waals surface area contributed by atoms with Crippen molar-refractivity contribution in [1.29, 1.82) is 0 Å². The number of ether oxygens (including phenoxy) is 1. The van der Waals surface area contributed by atoms with Gasteiger partial charge in [-0.25, -0.2) is 4.79 Å². The van der Waals surface area contributed by atoms with Crippen LogP contribution in [-0.2, 0) is 4.79 Å². The highest BCUT2D eigenvalue weighted by atomic mass is 16.5. The highest BCUT2D eigenvalue weighted by molar-refractivity contribution is 5.97. The molecule has 0 radical (unpaired) electrons. The summed E-state index contributed by atoms with van der Waals surface area (Å²) in [4.78, 5) is 25.6. The molecule has 3 amide bonds. The van der Waals surface area contributed by atoms with Crippen LogP contribution in [0.3, 0.4) is 0 Å². The van der Waals surface area contributed by atoms with E-state index in [1.54, 1.807) is 24.1 Å². The van der Waals surface area contributed by atoms with Crippen molar-refractivity contribution in [3.05, 3.63) is 36.6 Å². The highest BCUT2D eigenvalue weighted by Gasteiger charge is 2.31. The maximum Gasteiger partial charge on any atom is 0.320 e. The Morgan fingerprint density at radius 1 is 1.35 bits per heavy atom. The largest absolute Gasteiger partial charge is 0.497 e. The third kappa shape index (κ3) is 3.42. The molecular formula is C15H16N4O4. The second-order valence-electron chi connectivity index (χ2n) is 5.09. The molecule has 120 valence electrons. The Morgan fingerprint density at radius 2 is 2.13 bits per heavy atom. The van der Waals surface area contributed by atoms with Gasteiger partial charge in [-0.05, 0) is 24.3 Å². The minimum absolute atomic E-state index is 0.0399. The van der Waals surface area contributed by atoms with E-state index in [2.05, 4.69) is 20.3 Å². The van der Waals surface area contributed by atoms with Gasteiger partial charge in [0, 0.05) is 24.7 Å². The van der Waals surface area contributed by atoms with Crippen LogP contribution >= 0.6 is 0 Å². The molecule has 1 aliphatic rings. The molecule has 0 saturated carbocycles. The molecule has 0 spiro atoms. The van der Waals surface area contributed by atoms with E-state index in [-0.39, 0.29) is 18.4 Å². The van der Waals surface area contributed by atoms with E-state index in [4.69, 9.17) is 4.74 Å². The van der Waals surface area contributed by atoms with Gasteiger partial charge in [-0.15, -0.1) is 0 Å². The maximum absolute atomic E-state index is 12.1. The molecule has 8 heteroatoms. The van der Waals surface area contributed by atoms with Crippen LogP contribution in [0, 0.1) is 0 Å². The van der Waals surface area contributed by atoms with Crippen molar-refractivity contribution in [1.82, 2.24) is 10.5 Å². The summed E-state index contributed by atoms with van der Waals surface area (Å²) in [5.74, 6) is 1.00. The zero-order valence-electron chi connectivity index (χ0n) is 12.5. The average Bonchev–Trinajstić information content (AvgIpc) is 3.17. The molecule has 2 heterocycles. The molecule has 1 aromatic heterocycles. The fourth-order valence-electron chi connectivity index (χ4n) is 2.43. The SMILES string of the molecule is COc1ccc(N2CC(NC(=O)Nc3ccon3)CC2=O)cc1. The minimum atomic E-state index is -0.423. The predicted octanol–water partition coefficient (Wildman–Crippen LogP) is 1.61. The third-order valence-corrected chi connectivity index (χ3v) is 3.52. The van der Waals surface area contributed by atoms with Crippen molar-refractivity contribution in [3.8, 4) is 5.75 Å². The first-order valence-electron chi connectivity index (χ1n) is 7.08. The number of carbonyl (C=O) groups is 2. The number of methoxy groups -OCH3 is 1. The lowest BCUT2D eigenvalue weighted by molar-refractivity contribution is -0.117. The summed E-state index contributed by atoms with van der Waals surface area (Å²) in [5, 5.41) is 8.87. The number of benzene rings is 1. The summed E-state index contributed by atoms with van der Waals surface area (Å²) >= 11 is 0. The number of carbonyl (C=O) groups excluding carboxylic acids is 2. The van der Waals surface area contributed by atoms with Gasteiger partial charge in [-0.2, -0.15) is 0 Å². The highest BCUT2D eigenvalue weighted by Crippen LogP contribution is 2.24. The molecule has 1 aromatic carbocycles. The van der Waals surface area contributed by atoms with Crippen LogP contribution in [0.25, 0.3) is 0 Å². The number of amides is 3. The summed E-state index contributed by atoms with van der Waals surface area (Å²) in [7, 11) is 1.59. The average molecular weight is 316 g/mol.